The first-order chi connectivity index (χ1) is 12.7. The van der Waals surface area contributed by atoms with Gasteiger partial charge < -0.3 is 14.6 Å². The SMILES string of the molecule is Cc1nc(-c2cccc(NC(=O)N3CCCCC3CS(C)(=O)=O)c2)oc1C. The maximum absolute atomic E-state index is 12.8. The number of piperidine rings is 1. The summed E-state index contributed by atoms with van der Waals surface area (Å²) in [6.07, 6.45) is 3.72. The van der Waals surface area contributed by atoms with Gasteiger partial charge in [-0.25, -0.2) is 18.2 Å². The van der Waals surface area contributed by atoms with E-state index in [4.69, 9.17) is 4.42 Å². The first-order valence-electron chi connectivity index (χ1n) is 9.03. The van der Waals surface area contributed by atoms with E-state index >= 15 is 0 Å². The largest absolute Gasteiger partial charge is 0.441 e. The Morgan fingerprint density at radius 2 is 2.11 bits per heavy atom. The minimum absolute atomic E-state index is 0.00463. The molecular formula is C19H25N3O4S. The maximum Gasteiger partial charge on any atom is 0.322 e. The summed E-state index contributed by atoms with van der Waals surface area (Å²) in [6.45, 7) is 4.30. The molecule has 2 aromatic rings. The third-order valence-electron chi connectivity index (χ3n) is 4.77. The number of rotatable bonds is 4. The number of urea groups is 1. The second-order valence-electron chi connectivity index (χ2n) is 7.11. The van der Waals surface area contributed by atoms with Crippen LogP contribution in [0.15, 0.2) is 28.7 Å². The van der Waals surface area contributed by atoms with Gasteiger partial charge in [0.15, 0.2) is 0 Å². The average Bonchev–Trinajstić information content (AvgIpc) is 2.93. The number of oxazole rings is 1. The van der Waals surface area contributed by atoms with Crippen molar-refractivity contribution in [3.05, 3.63) is 35.7 Å². The van der Waals surface area contributed by atoms with Gasteiger partial charge >= 0.3 is 6.03 Å². The predicted molar refractivity (Wildman–Crippen MR) is 104 cm³/mol. The van der Waals surface area contributed by atoms with E-state index in [1.165, 1.54) is 6.26 Å². The number of nitrogens with zero attached hydrogens (tertiary/aromatic N) is 2. The monoisotopic (exact) mass is 391 g/mol. The fraction of sp³-hybridized carbons (Fsp3) is 0.474. The van der Waals surface area contributed by atoms with Gasteiger partial charge in [-0.15, -0.1) is 0 Å². The summed E-state index contributed by atoms with van der Waals surface area (Å²) in [4.78, 5) is 18.8. The minimum Gasteiger partial charge on any atom is -0.441 e. The van der Waals surface area contributed by atoms with Gasteiger partial charge in [-0.3, -0.25) is 0 Å². The summed E-state index contributed by atoms with van der Waals surface area (Å²) in [5, 5.41) is 2.88. The Morgan fingerprint density at radius 1 is 1.33 bits per heavy atom. The number of aryl methyl sites for hydroxylation is 2. The number of sulfone groups is 1. The van der Waals surface area contributed by atoms with Crippen LogP contribution in [0.3, 0.4) is 0 Å². The fourth-order valence-electron chi connectivity index (χ4n) is 3.31. The van der Waals surface area contributed by atoms with Crippen LogP contribution >= 0.6 is 0 Å². The molecule has 1 aliphatic rings. The molecule has 0 bridgehead atoms. The first kappa shape index (κ1) is 19.4. The molecule has 1 aromatic carbocycles. The summed E-state index contributed by atoms with van der Waals surface area (Å²) in [5.74, 6) is 1.26. The summed E-state index contributed by atoms with van der Waals surface area (Å²) in [7, 11) is -3.15. The van der Waals surface area contributed by atoms with Crippen molar-refractivity contribution < 1.29 is 17.6 Å². The number of nitrogens with one attached hydrogen (secondary N) is 1. The van der Waals surface area contributed by atoms with E-state index in [-0.39, 0.29) is 17.8 Å². The quantitative estimate of drug-likeness (QED) is 0.862. The van der Waals surface area contributed by atoms with Crippen molar-refractivity contribution in [1.82, 2.24) is 9.88 Å². The molecule has 1 unspecified atom stereocenters. The zero-order valence-electron chi connectivity index (χ0n) is 15.9. The Labute approximate surface area is 159 Å². The van der Waals surface area contributed by atoms with Gasteiger partial charge in [0.2, 0.25) is 5.89 Å². The molecular weight excluding hydrogens is 366 g/mol. The van der Waals surface area contributed by atoms with E-state index in [0.717, 1.165) is 29.9 Å². The fourth-order valence-corrected chi connectivity index (χ4v) is 4.36. The van der Waals surface area contributed by atoms with Gasteiger partial charge in [-0.2, -0.15) is 0 Å². The molecule has 3 rings (SSSR count). The lowest BCUT2D eigenvalue weighted by Crippen LogP contribution is -2.48. The third-order valence-corrected chi connectivity index (χ3v) is 5.76. The van der Waals surface area contributed by atoms with E-state index in [1.54, 1.807) is 17.0 Å². The van der Waals surface area contributed by atoms with Crippen LogP contribution in [0.4, 0.5) is 10.5 Å². The summed E-state index contributed by atoms with van der Waals surface area (Å²) >= 11 is 0. The molecule has 0 radical (unpaired) electrons. The molecule has 1 aromatic heterocycles. The standard InChI is InChI=1S/C19H25N3O4S/c1-13-14(2)26-18(20-13)15-7-6-8-16(11-15)21-19(23)22-10-5-4-9-17(22)12-27(3,24)25/h6-8,11,17H,4-5,9-10,12H2,1-3H3,(H,21,23). The molecule has 1 N–H and O–H groups in total. The predicted octanol–water partition coefficient (Wildman–Crippen LogP) is 3.39. The average molecular weight is 391 g/mol. The van der Waals surface area contributed by atoms with Crippen LogP contribution in [0.25, 0.3) is 11.5 Å². The van der Waals surface area contributed by atoms with Gasteiger partial charge in [-0.05, 0) is 51.3 Å². The molecule has 1 saturated heterocycles. The topological polar surface area (TPSA) is 92.5 Å². The van der Waals surface area contributed by atoms with Crippen molar-refractivity contribution in [3.63, 3.8) is 0 Å². The smallest absolute Gasteiger partial charge is 0.322 e. The van der Waals surface area contributed by atoms with Gasteiger partial charge in [0.1, 0.15) is 15.6 Å². The highest BCUT2D eigenvalue weighted by molar-refractivity contribution is 7.90. The highest BCUT2D eigenvalue weighted by atomic mass is 32.2. The van der Waals surface area contributed by atoms with Gasteiger partial charge in [0, 0.05) is 30.1 Å². The van der Waals surface area contributed by atoms with Crippen LogP contribution in [-0.2, 0) is 9.84 Å². The van der Waals surface area contributed by atoms with E-state index in [9.17, 15) is 13.2 Å². The molecule has 2 heterocycles. The number of likely N-dealkylation sites (tertiary alicyclic amines) is 1. The van der Waals surface area contributed by atoms with Crippen LogP contribution in [0.5, 0.6) is 0 Å². The number of benzene rings is 1. The second-order valence-corrected chi connectivity index (χ2v) is 9.29. The molecule has 7 nitrogen and oxygen atoms in total. The van der Waals surface area contributed by atoms with Crippen molar-refractivity contribution in [2.75, 3.05) is 23.9 Å². The number of amides is 2. The summed E-state index contributed by atoms with van der Waals surface area (Å²) in [6, 6.07) is 6.73. The van der Waals surface area contributed by atoms with Crippen LogP contribution in [0.2, 0.25) is 0 Å². The Hall–Kier alpha value is -2.35. The van der Waals surface area contributed by atoms with Crippen LogP contribution in [-0.4, -0.2) is 48.9 Å². The minimum atomic E-state index is -3.15. The van der Waals surface area contributed by atoms with E-state index < -0.39 is 9.84 Å². The van der Waals surface area contributed by atoms with Crippen LogP contribution in [0.1, 0.15) is 30.7 Å². The second kappa shape index (κ2) is 7.72. The number of hydrogen-bond acceptors (Lipinski definition) is 5. The molecule has 0 saturated carbocycles. The number of hydrogen-bond donors (Lipinski definition) is 1. The van der Waals surface area contributed by atoms with Crippen molar-refractivity contribution >= 4 is 21.6 Å². The van der Waals surface area contributed by atoms with E-state index in [2.05, 4.69) is 10.3 Å². The van der Waals surface area contributed by atoms with Crippen LogP contribution in [0, 0.1) is 13.8 Å². The van der Waals surface area contributed by atoms with Crippen molar-refractivity contribution in [2.45, 2.75) is 39.2 Å². The highest BCUT2D eigenvalue weighted by Crippen LogP contribution is 2.25. The zero-order chi connectivity index (χ0) is 19.6. The molecule has 1 aliphatic heterocycles. The van der Waals surface area contributed by atoms with E-state index in [1.807, 2.05) is 26.0 Å². The zero-order valence-corrected chi connectivity index (χ0v) is 16.7. The lowest BCUT2D eigenvalue weighted by molar-refractivity contribution is 0.171. The van der Waals surface area contributed by atoms with Gasteiger partial charge in [-0.1, -0.05) is 6.07 Å². The summed E-state index contributed by atoms with van der Waals surface area (Å²) < 4.78 is 29.0. The lowest BCUT2D eigenvalue weighted by Gasteiger charge is -2.35. The highest BCUT2D eigenvalue weighted by Gasteiger charge is 2.29. The Morgan fingerprint density at radius 3 is 2.78 bits per heavy atom. The van der Waals surface area contributed by atoms with Crippen molar-refractivity contribution in [1.29, 1.82) is 0 Å². The number of carbonyl (C=O) groups is 1. The Bertz CT molecular complexity index is 917. The number of carbonyl (C=O) groups excluding carboxylic acids is 1. The molecule has 2 amide bonds. The molecule has 27 heavy (non-hydrogen) atoms. The molecule has 0 spiro atoms. The van der Waals surface area contributed by atoms with Crippen LogP contribution < -0.4 is 5.32 Å². The molecule has 8 heteroatoms. The number of anilines is 1. The third kappa shape index (κ3) is 4.88. The molecule has 1 atom stereocenters. The van der Waals surface area contributed by atoms with Crippen molar-refractivity contribution in [2.24, 2.45) is 0 Å². The first-order valence-corrected chi connectivity index (χ1v) is 11.1. The van der Waals surface area contributed by atoms with Gasteiger partial charge in [0.05, 0.1) is 11.4 Å². The van der Waals surface area contributed by atoms with Crippen molar-refractivity contribution in [3.8, 4) is 11.5 Å². The maximum atomic E-state index is 12.8. The molecule has 1 fully saturated rings. The normalized spacial score (nSPS) is 17.7. The Kier molecular flexibility index (Phi) is 5.55. The van der Waals surface area contributed by atoms with E-state index in [0.29, 0.717) is 24.5 Å². The number of aromatic nitrogens is 1. The van der Waals surface area contributed by atoms with Gasteiger partial charge in [0.25, 0.3) is 0 Å². The summed E-state index contributed by atoms with van der Waals surface area (Å²) in [5.41, 5.74) is 2.22. The molecule has 146 valence electrons. The lowest BCUT2D eigenvalue weighted by atomic mass is 10.0. The molecule has 0 aliphatic carbocycles. The Balaban J connectivity index is 1.76.